The second-order valence-corrected chi connectivity index (χ2v) is 6.03. The van der Waals surface area contributed by atoms with Gasteiger partial charge in [0.05, 0.1) is 0 Å². The minimum Gasteiger partial charge on any atom is -0.447 e. The number of nitrogens with zero attached hydrogens (tertiary/aromatic N) is 2. The molecule has 3 aliphatic rings. The third kappa shape index (κ3) is 2.93. The fraction of sp³-hybridized carbons (Fsp3) is 0.667. The van der Waals surface area contributed by atoms with Crippen LogP contribution in [0.5, 0.6) is 0 Å². The highest BCUT2D eigenvalue weighted by molar-refractivity contribution is 5.89. The van der Waals surface area contributed by atoms with Gasteiger partial charge in [-0.05, 0) is 31.8 Å². The van der Waals surface area contributed by atoms with Crippen LogP contribution in [0.25, 0.3) is 0 Å². The summed E-state index contributed by atoms with van der Waals surface area (Å²) in [7, 11) is 0. The second-order valence-electron chi connectivity index (χ2n) is 6.03. The Morgan fingerprint density at radius 2 is 1.86 bits per heavy atom. The Hall–Kier alpha value is -2.05. The van der Waals surface area contributed by atoms with E-state index in [0.29, 0.717) is 13.1 Å². The van der Waals surface area contributed by atoms with E-state index in [1.54, 1.807) is 4.90 Å². The molecule has 0 aromatic heterocycles. The summed E-state index contributed by atoms with van der Waals surface area (Å²) >= 11 is 0. The van der Waals surface area contributed by atoms with E-state index in [2.05, 4.69) is 11.9 Å². The lowest BCUT2D eigenvalue weighted by atomic mass is 10.0. The van der Waals surface area contributed by atoms with Crippen molar-refractivity contribution in [2.75, 3.05) is 19.7 Å². The molecule has 7 nitrogen and oxygen atoms in total. The first kappa shape index (κ1) is 14.9. The Kier molecular flexibility index (Phi) is 4.04. The van der Waals surface area contributed by atoms with Crippen molar-refractivity contribution in [3.63, 3.8) is 0 Å². The van der Waals surface area contributed by atoms with E-state index in [1.807, 2.05) is 4.90 Å². The van der Waals surface area contributed by atoms with Crippen LogP contribution >= 0.6 is 0 Å². The van der Waals surface area contributed by atoms with Gasteiger partial charge in [-0.2, -0.15) is 0 Å². The highest BCUT2D eigenvalue weighted by Crippen LogP contribution is 2.32. The van der Waals surface area contributed by atoms with Crippen molar-refractivity contribution >= 4 is 17.9 Å². The van der Waals surface area contributed by atoms with Gasteiger partial charge >= 0.3 is 6.09 Å². The highest BCUT2D eigenvalue weighted by atomic mass is 16.6. The number of rotatable bonds is 4. The molecule has 1 N–H and O–H groups in total. The SMILES string of the molecule is C=CC(=O)N1CCC(N(C(=O)[C@@H]2COC(=O)N2)C2CC2)CC1. The monoisotopic (exact) mass is 307 g/mol. The fourth-order valence-corrected chi connectivity index (χ4v) is 3.20. The zero-order valence-corrected chi connectivity index (χ0v) is 12.5. The summed E-state index contributed by atoms with van der Waals surface area (Å²) in [6.07, 6.45) is 4.36. The molecular weight excluding hydrogens is 286 g/mol. The van der Waals surface area contributed by atoms with Gasteiger partial charge in [0, 0.05) is 25.2 Å². The number of carbonyl (C=O) groups excluding carboxylic acids is 3. The maximum atomic E-state index is 12.7. The van der Waals surface area contributed by atoms with Gasteiger partial charge in [-0.1, -0.05) is 6.58 Å². The summed E-state index contributed by atoms with van der Waals surface area (Å²) in [6, 6.07) is -0.163. The van der Waals surface area contributed by atoms with Gasteiger partial charge in [0.2, 0.25) is 11.8 Å². The summed E-state index contributed by atoms with van der Waals surface area (Å²) in [5.74, 6) is -0.110. The lowest BCUT2D eigenvalue weighted by molar-refractivity contribution is -0.138. The summed E-state index contributed by atoms with van der Waals surface area (Å²) in [5.41, 5.74) is 0. The van der Waals surface area contributed by atoms with Crippen molar-refractivity contribution in [2.45, 2.75) is 43.8 Å². The zero-order valence-electron chi connectivity index (χ0n) is 12.5. The number of piperidine rings is 1. The lowest BCUT2D eigenvalue weighted by Gasteiger charge is -2.39. The van der Waals surface area contributed by atoms with Crippen LogP contribution in [0, 0.1) is 0 Å². The Labute approximate surface area is 129 Å². The Bertz CT molecular complexity index is 495. The maximum Gasteiger partial charge on any atom is 0.407 e. The first-order valence-electron chi connectivity index (χ1n) is 7.77. The molecular formula is C15H21N3O4. The predicted octanol–water partition coefficient (Wildman–Crippen LogP) is 0.263. The van der Waals surface area contributed by atoms with Crippen molar-refractivity contribution in [1.82, 2.24) is 15.1 Å². The Balaban J connectivity index is 1.63. The molecule has 0 unspecified atom stereocenters. The van der Waals surface area contributed by atoms with E-state index in [1.165, 1.54) is 6.08 Å². The fourth-order valence-electron chi connectivity index (χ4n) is 3.20. The molecule has 120 valence electrons. The molecule has 22 heavy (non-hydrogen) atoms. The molecule has 0 aromatic rings. The van der Waals surface area contributed by atoms with Gasteiger partial charge in [-0.3, -0.25) is 9.59 Å². The summed E-state index contributed by atoms with van der Waals surface area (Å²) in [4.78, 5) is 39.1. The molecule has 3 fully saturated rings. The number of cyclic esters (lactones) is 1. The number of hydrogen-bond donors (Lipinski definition) is 1. The average Bonchev–Trinajstić information content (AvgIpc) is 3.27. The van der Waals surface area contributed by atoms with Gasteiger partial charge < -0.3 is 19.9 Å². The van der Waals surface area contributed by atoms with Crippen molar-refractivity contribution in [1.29, 1.82) is 0 Å². The molecule has 2 aliphatic heterocycles. The Morgan fingerprint density at radius 3 is 2.36 bits per heavy atom. The number of amides is 3. The van der Waals surface area contributed by atoms with Crippen LogP contribution in [-0.2, 0) is 14.3 Å². The van der Waals surface area contributed by atoms with Gasteiger partial charge in [0.15, 0.2) is 0 Å². The number of likely N-dealkylation sites (tertiary alicyclic amines) is 1. The summed E-state index contributed by atoms with van der Waals surface area (Å²) in [5, 5.41) is 2.56. The van der Waals surface area contributed by atoms with Crippen molar-refractivity contribution < 1.29 is 19.1 Å². The predicted molar refractivity (Wildman–Crippen MR) is 77.9 cm³/mol. The zero-order chi connectivity index (χ0) is 15.7. The molecule has 0 spiro atoms. The van der Waals surface area contributed by atoms with Crippen LogP contribution in [0.1, 0.15) is 25.7 Å². The van der Waals surface area contributed by atoms with E-state index in [4.69, 9.17) is 4.74 Å². The van der Waals surface area contributed by atoms with Crippen molar-refractivity contribution in [3.8, 4) is 0 Å². The number of hydrogen-bond acceptors (Lipinski definition) is 4. The molecule has 1 atom stereocenters. The molecule has 1 aliphatic carbocycles. The lowest BCUT2D eigenvalue weighted by Crippen LogP contribution is -2.54. The van der Waals surface area contributed by atoms with Crippen LogP contribution < -0.4 is 5.32 Å². The van der Waals surface area contributed by atoms with Crippen LogP contribution in [0.4, 0.5) is 4.79 Å². The first-order valence-corrected chi connectivity index (χ1v) is 7.77. The average molecular weight is 307 g/mol. The van der Waals surface area contributed by atoms with E-state index < -0.39 is 12.1 Å². The van der Waals surface area contributed by atoms with E-state index in [0.717, 1.165) is 25.7 Å². The molecule has 2 saturated heterocycles. The highest BCUT2D eigenvalue weighted by Gasteiger charge is 2.43. The quantitative estimate of drug-likeness (QED) is 0.756. The van der Waals surface area contributed by atoms with Crippen LogP contribution in [0.2, 0.25) is 0 Å². The van der Waals surface area contributed by atoms with Crippen LogP contribution in [0.3, 0.4) is 0 Å². The third-order valence-corrected chi connectivity index (χ3v) is 4.51. The molecule has 3 rings (SSSR count). The largest absolute Gasteiger partial charge is 0.447 e. The summed E-state index contributed by atoms with van der Waals surface area (Å²) < 4.78 is 4.83. The number of ether oxygens (including phenoxy) is 1. The van der Waals surface area contributed by atoms with E-state index in [-0.39, 0.29) is 30.5 Å². The van der Waals surface area contributed by atoms with Gasteiger partial charge in [0.25, 0.3) is 0 Å². The van der Waals surface area contributed by atoms with Crippen LogP contribution in [-0.4, -0.2) is 65.5 Å². The normalized spacial score (nSPS) is 25.4. The molecule has 7 heteroatoms. The molecule has 0 radical (unpaired) electrons. The van der Waals surface area contributed by atoms with Gasteiger partial charge in [-0.25, -0.2) is 4.79 Å². The van der Waals surface area contributed by atoms with Crippen LogP contribution in [0.15, 0.2) is 12.7 Å². The number of alkyl carbamates (subject to hydrolysis) is 1. The number of carbonyl (C=O) groups is 3. The molecule has 1 saturated carbocycles. The molecule has 2 heterocycles. The number of nitrogens with one attached hydrogen (secondary N) is 1. The molecule has 3 amide bonds. The smallest absolute Gasteiger partial charge is 0.407 e. The standard InChI is InChI=1S/C15H21N3O4/c1-2-13(19)17-7-5-11(6-8-17)18(10-3-4-10)14(20)12-9-22-15(21)16-12/h2,10-12H,1,3-9H2,(H,16,21)/t12-/m0/s1. The van der Waals surface area contributed by atoms with Gasteiger partial charge in [0.1, 0.15) is 12.6 Å². The second kappa shape index (κ2) is 5.98. The Morgan fingerprint density at radius 1 is 1.23 bits per heavy atom. The first-order chi connectivity index (χ1) is 10.6. The van der Waals surface area contributed by atoms with Crippen molar-refractivity contribution in [3.05, 3.63) is 12.7 Å². The minimum absolute atomic E-state index is 0.0538. The maximum absolute atomic E-state index is 12.7. The molecule has 0 bridgehead atoms. The summed E-state index contributed by atoms with van der Waals surface area (Å²) in [6.45, 7) is 4.89. The topological polar surface area (TPSA) is 79.0 Å². The third-order valence-electron chi connectivity index (χ3n) is 4.51. The molecule has 0 aromatic carbocycles. The van der Waals surface area contributed by atoms with Crippen molar-refractivity contribution in [2.24, 2.45) is 0 Å². The minimum atomic E-state index is -0.569. The van der Waals surface area contributed by atoms with Gasteiger partial charge in [-0.15, -0.1) is 0 Å². The van der Waals surface area contributed by atoms with E-state index in [9.17, 15) is 14.4 Å². The van der Waals surface area contributed by atoms with E-state index >= 15 is 0 Å².